The van der Waals surface area contributed by atoms with E-state index in [9.17, 15) is 13.6 Å². The number of anilines is 1. The van der Waals surface area contributed by atoms with E-state index < -0.39 is 17.5 Å². The van der Waals surface area contributed by atoms with Gasteiger partial charge >= 0.3 is 0 Å². The molecule has 0 fully saturated rings. The highest BCUT2D eigenvalue weighted by Gasteiger charge is 2.12. The number of carbonyl (C=O) groups excluding carboxylic acids is 1. The van der Waals surface area contributed by atoms with Crippen LogP contribution in [0.3, 0.4) is 0 Å². The summed E-state index contributed by atoms with van der Waals surface area (Å²) in [4.78, 5) is 11.8. The number of amides is 1. The van der Waals surface area contributed by atoms with Crippen LogP contribution in [-0.4, -0.2) is 5.91 Å². The van der Waals surface area contributed by atoms with Crippen molar-refractivity contribution >= 4 is 11.6 Å². The Morgan fingerprint density at radius 1 is 0.909 bits per heavy atom. The zero-order valence-electron chi connectivity index (χ0n) is 13.7. The Bertz CT molecular complexity index is 580. The number of nitrogens with one attached hydrogen (secondary N) is 1. The predicted octanol–water partition coefficient (Wildman–Crippen LogP) is 5.58. The van der Waals surface area contributed by atoms with Crippen molar-refractivity contribution in [3.63, 3.8) is 0 Å². The molecule has 0 aliphatic carbocycles. The molecule has 0 radical (unpaired) electrons. The number of benzene rings is 2. The first-order valence-corrected chi connectivity index (χ1v) is 7.39. The van der Waals surface area contributed by atoms with Crippen molar-refractivity contribution in [3.05, 3.63) is 65.2 Å². The second-order valence-electron chi connectivity index (χ2n) is 3.94. The summed E-state index contributed by atoms with van der Waals surface area (Å²) >= 11 is 0. The maximum Gasteiger partial charge on any atom is 0.258 e. The van der Waals surface area contributed by atoms with Crippen molar-refractivity contribution in [2.45, 2.75) is 34.6 Å². The van der Waals surface area contributed by atoms with Crippen LogP contribution in [0.5, 0.6) is 0 Å². The van der Waals surface area contributed by atoms with Crippen LogP contribution < -0.4 is 5.32 Å². The van der Waals surface area contributed by atoms with Crippen LogP contribution in [0, 0.1) is 18.6 Å². The van der Waals surface area contributed by atoms with E-state index in [4.69, 9.17) is 0 Å². The number of hydrogen-bond donors (Lipinski definition) is 1. The van der Waals surface area contributed by atoms with E-state index in [0.29, 0.717) is 11.8 Å². The van der Waals surface area contributed by atoms with Crippen molar-refractivity contribution < 1.29 is 13.6 Å². The molecule has 4 heteroatoms. The highest BCUT2D eigenvalue weighted by molar-refractivity contribution is 6.04. The van der Waals surface area contributed by atoms with Gasteiger partial charge in [-0.3, -0.25) is 4.79 Å². The van der Waals surface area contributed by atoms with Crippen molar-refractivity contribution in [2.75, 3.05) is 5.32 Å². The topological polar surface area (TPSA) is 29.1 Å². The van der Waals surface area contributed by atoms with Gasteiger partial charge in [-0.2, -0.15) is 0 Å². The average molecular weight is 307 g/mol. The third kappa shape index (κ3) is 6.04. The maximum absolute atomic E-state index is 13.4. The van der Waals surface area contributed by atoms with Gasteiger partial charge in [0, 0.05) is 11.8 Å². The summed E-state index contributed by atoms with van der Waals surface area (Å²) < 4.78 is 26.1. The Hall–Kier alpha value is -2.23. The molecule has 0 spiro atoms. The van der Waals surface area contributed by atoms with Crippen LogP contribution in [0.15, 0.2) is 42.5 Å². The minimum Gasteiger partial charge on any atom is -0.322 e. The van der Waals surface area contributed by atoms with Gasteiger partial charge in [0.2, 0.25) is 0 Å². The lowest BCUT2D eigenvalue weighted by Gasteiger charge is -2.06. The molecule has 1 N–H and O–H groups in total. The fourth-order valence-corrected chi connectivity index (χ4v) is 1.51. The Labute approximate surface area is 131 Å². The van der Waals surface area contributed by atoms with Gasteiger partial charge in [-0.1, -0.05) is 45.4 Å². The summed E-state index contributed by atoms with van der Waals surface area (Å²) in [6.45, 7) is 9.92. The molecular weight excluding hydrogens is 284 g/mol. The van der Waals surface area contributed by atoms with E-state index >= 15 is 0 Å². The number of halogens is 2. The van der Waals surface area contributed by atoms with Crippen molar-refractivity contribution in [2.24, 2.45) is 0 Å². The Morgan fingerprint density at radius 3 is 1.95 bits per heavy atom. The van der Waals surface area contributed by atoms with E-state index in [2.05, 4.69) is 5.32 Å². The Balaban J connectivity index is 0.00000102. The van der Waals surface area contributed by atoms with Gasteiger partial charge in [0.05, 0.1) is 5.56 Å². The average Bonchev–Trinajstić information content (AvgIpc) is 2.53. The van der Waals surface area contributed by atoms with Gasteiger partial charge in [0.15, 0.2) is 0 Å². The molecule has 2 aromatic rings. The summed E-state index contributed by atoms with van der Waals surface area (Å²) in [7, 11) is 0. The molecule has 0 aliphatic heterocycles. The highest BCUT2D eigenvalue weighted by atomic mass is 19.1. The van der Waals surface area contributed by atoms with Crippen LogP contribution in [0.1, 0.15) is 43.6 Å². The molecule has 0 saturated heterocycles. The SMILES string of the molecule is CC.CC.Cc1ccc(NC(=O)c2ccc(F)cc2F)cc1. The lowest BCUT2D eigenvalue weighted by Crippen LogP contribution is -2.13. The standard InChI is InChI=1S/C14H11F2NO.2C2H6/c1-9-2-5-11(6-3-9)17-14(18)12-7-4-10(15)8-13(12)16;2*1-2/h2-8H,1H3,(H,17,18);2*1-2H3. The van der Waals surface area contributed by atoms with Gasteiger partial charge in [0.1, 0.15) is 11.6 Å². The van der Waals surface area contributed by atoms with Crippen LogP contribution in [0.25, 0.3) is 0 Å². The Kier molecular flexibility index (Phi) is 9.43. The van der Waals surface area contributed by atoms with Gasteiger partial charge < -0.3 is 5.32 Å². The molecule has 2 aromatic carbocycles. The number of hydrogen-bond acceptors (Lipinski definition) is 1. The third-order valence-electron chi connectivity index (χ3n) is 2.49. The molecule has 0 bridgehead atoms. The molecule has 1 amide bonds. The minimum absolute atomic E-state index is 0.183. The predicted molar refractivity (Wildman–Crippen MR) is 88.2 cm³/mol. The van der Waals surface area contributed by atoms with Gasteiger partial charge in [-0.25, -0.2) is 8.78 Å². The summed E-state index contributed by atoms with van der Waals surface area (Å²) in [5.74, 6) is -2.18. The van der Waals surface area contributed by atoms with Crippen molar-refractivity contribution in [1.82, 2.24) is 0 Å². The molecule has 0 saturated carbocycles. The summed E-state index contributed by atoms with van der Waals surface area (Å²) in [6, 6.07) is 9.95. The van der Waals surface area contributed by atoms with Gasteiger partial charge in [-0.05, 0) is 31.2 Å². The smallest absolute Gasteiger partial charge is 0.258 e. The maximum atomic E-state index is 13.4. The largest absolute Gasteiger partial charge is 0.322 e. The van der Waals surface area contributed by atoms with E-state index in [1.54, 1.807) is 12.1 Å². The van der Waals surface area contributed by atoms with Crippen molar-refractivity contribution in [3.8, 4) is 0 Å². The van der Waals surface area contributed by atoms with Gasteiger partial charge in [0.25, 0.3) is 5.91 Å². The molecule has 0 heterocycles. The zero-order chi connectivity index (χ0) is 17.1. The fourth-order valence-electron chi connectivity index (χ4n) is 1.51. The van der Waals surface area contributed by atoms with E-state index in [1.807, 2.05) is 46.8 Å². The first-order valence-electron chi connectivity index (χ1n) is 7.39. The molecule has 22 heavy (non-hydrogen) atoms. The zero-order valence-corrected chi connectivity index (χ0v) is 13.7. The summed E-state index contributed by atoms with van der Waals surface area (Å²) in [6.07, 6.45) is 0. The molecular formula is C18H23F2NO. The molecule has 0 aromatic heterocycles. The number of rotatable bonds is 2. The Morgan fingerprint density at radius 2 is 1.45 bits per heavy atom. The second-order valence-corrected chi connectivity index (χ2v) is 3.94. The van der Waals surface area contributed by atoms with Gasteiger partial charge in [-0.15, -0.1) is 0 Å². The first kappa shape index (κ1) is 19.8. The van der Waals surface area contributed by atoms with Crippen LogP contribution in [-0.2, 0) is 0 Å². The van der Waals surface area contributed by atoms with Crippen molar-refractivity contribution in [1.29, 1.82) is 0 Å². The molecule has 0 unspecified atom stereocenters. The normalized spacial score (nSPS) is 8.86. The first-order chi connectivity index (χ1) is 10.6. The van der Waals surface area contributed by atoms with Crippen LogP contribution >= 0.6 is 0 Å². The molecule has 2 nitrogen and oxygen atoms in total. The lowest BCUT2D eigenvalue weighted by atomic mass is 10.2. The van der Waals surface area contributed by atoms with E-state index in [1.165, 1.54) is 0 Å². The fraction of sp³-hybridized carbons (Fsp3) is 0.278. The van der Waals surface area contributed by atoms with E-state index in [-0.39, 0.29) is 5.56 Å². The summed E-state index contributed by atoms with van der Waals surface area (Å²) in [5.41, 5.74) is 1.44. The second kappa shape index (κ2) is 10.5. The third-order valence-corrected chi connectivity index (χ3v) is 2.49. The summed E-state index contributed by atoms with van der Waals surface area (Å²) in [5, 5.41) is 2.54. The quantitative estimate of drug-likeness (QED) is 0.771. The van der Waals surface area contributed by atoms with Crippen LogP contribution in [0.4, 0.5) is 14.5 Å². The number of carbonyl (C=O) groups is 1. The lowest BCUT2D eigenvalue weighted by molar-refractivity contribution is 0.102. The molecule has 0 atom stereocenters. The van der Waals surface area contributed by atoms with E-state index in [0.717, 1.165) is 17.7 Å². The highest BCUT2D eigenvalue weighted by Crippen LogP contribution is 2.14. The monoisotopic (exact) mass is 307 g/mol. The molecule has 0 aliphatic rings. The number of aryl methyl sites for hydroxylation is 1. The molecule has 120 valence electrons. The van der Waals surface area contributed by atoms with Crippen LogP contribution in [0.2, 0.25) is 0 Å². The minimum atomic E-state index is -0.875. The molecule has 2 rings (SSSR count).